The molecule has 2 atom stereocenters. The van der Waals surface area contributed by atoms with E-state index in [1.165, 1.54) is 0 Å². The Kier molecular flexibility index (Phi) is 8.79. The van der Waals surface area contributed by atoms with Gasteiger partial charge in [-0.3, -0.25) is 4.79 Å². The number of benzene rings is 1. The Hall–Kier alpha value is -1.20. The zero-order chi connectivity index (χ0) is 18.9. The summed E-state index contributed by atoms with van der Waals surface area (Å²) < 4.78 is 5.41. The van der Waals surface area contributed by atoms with Crippen molar-refractivity contribution in [3.63, 3.8) is 0 Å². The van der Waals surface area contributed by atoms with Gasteiger partial charge in [0.1, 0.15) is 11.4 Å². The summed E-state index contributed by atoms with van der Waals surface area (Å²) in [4.78, 5) is 27.2. The minimum atomic E-state index is -0.535. The first-order valence-corrected chi connectivity index (χ1v) is 10.9. The van der Waals surface area contributed by atoms with Crippen LogP contribution >= 0.6 is 23.4 Å². The lowest BCUT2D eigenvalue weighted by Crippen LogP contribution is -2.43. The molecular weight excluding hydrogens is 370 g/mol. The lowest BCUT2D eigenvalue weighted by atomic mass is 10.1. The van der Waals surface area contributed by atoms with Crippen molar-refractivity contribution in [2.45, 2.75) is 63.8 Å². The number of ether oxygens (including phenoxy) is 1. The summed E-state index contributed by atoms with van der Waals surface area (Å²) in [5.41, 5.74) is 0.881. The van der Waals surface area contributed by atoms with Gasteiger partial charge in [0, 0.05) is 22.8 Å². The Labute approximate surface area is 165 Å². The number of esters is 1. The molecule has 144 valence electrons. The average molecular weight is 398 g/mol. The zero-order valence-electron chi connectivity index (χ0n) is 15.6. The summed E-state index contributed by atoms with van der Waals surface area (Å²) in [6, 6.07) is 7.00. The number of hydrogen-bond acceptors (Lipinski definition) is 4. The summed E-state index contributed by atoms with van der Waals surface area (Å²) in [5, 5.41) is 0.387. The minimum Gasteiger partial charge on any atom is -0.464 e. The lowest BCUT2D eigenvalue weighted by molar-refractivity contribution is -0.154. The molecule has 0 saturated carbocycles. The van der Waals surface area contributed by atoms with Gasteiger partial charge < -0.3 is 9.64 Å². The third-order valence-electron chi connectivity index (χ3n) is 4.47. The molecule has 0 aromatic heterocycles. The fourth-order valence-corrected chi connectivity index (χ4v) is 4.75. The Morgan fingerprint density at radius 2 is 1.92 bits per heavy atom. The third kappa shape index (κ3) is 5.40. The number of carbonyl (C=O) groups excluding carboxylic acids is 2. The summed E-state index contributed by atoms with van der Waals surface area (Å²) in [7, 11) is 0. The molecule has 0 bridgehead atoms. The quantitative estimate of drug-likeness (QED) is 0.424. The molecule has 1 saturated heterocycles. The molecule has 6 heteroatoms. The molecule has 1 amide bonds. The van der Waals surface area contributed by atoms with Crippen molar-refractivity contribution in [2.24, 2.45) is 0 Å². The molecule has 1 aliphatic heterocycles. The van der Waals surface area contributed by atoms with Crippen LogP contribution in [0.15, 0.2) is 24.3 Å². The van der Waals surface area contributed by atoms with Crippen LogP contribution in [0, 0.1) is 0 Å². The van der Waals surface area contributed by atoms with E-state index in [1.54, 1.807) is 16.7 Å². The van der Waals surface area contributed by atoms with Crippen molar-refractivity contribution in [2.75, 3.05) is 12.4 Å². The topological polar surface area (TPSA) is 46.6 Å². The van der Waals surface area contributed by atoms with Gasteiger partial charge in [0.2, 0.25) is 5.91 Å². The fourth-order valence-electron chi connectivity index (χ4n) is 2.98. The number of rotatable bonds is 9. The van der Waals surface area contributed by atoms with Gasteiger partial charge in [0.25, 0.3) is 0 Å². The Morgan fingerprint density at radius 1 is 1.19 bits per heavy atom. The first-order chi connectivity index (χ1) is 12.6. The van der Waals surface area contributed by atoms with Gasteiger partial charge in [-0.1, -0.05) is 62.9 Å². The third-order valence-corrected chi connectivity index (χ3v) is 6.12. The maximum atomic E-state index is 12.9. The van der Waals surface area contributed by atoms with Crippen molar-refractivity contribution in [1.29, 1.82) is 0 Å². The minimum absolute atomic E-state index is 0.00538. The van der Waals surface area contributed by atoms with Gasteiger partial charge in [0.05, 0.1) is 6.61 Å². The Bertz CT molecular complexity index is 610. The van der Waals surface area contributed by atoms with E-state index in [1.807, 2.05) is 24.3 Å². The molecule has 0 aliphatic carbocycles. The maximum absolute atomic E-state index is 12.9. The van der Waals surface area contributed by atoms with Crippen molar-refractivity contribution in [3.8, 4) is 0 Å². The van der Waals surface area contributed by atoms with Gasteiger partial charge in [-0.2, -0.15) is 0 Å². The van der Waals surface area contributed by atoms with Crippen LogP contribution in [0.25, 0.3) is 0 Å². The van der Waals surface area contributed by atoms with Gasteiger partial charge in [0.15, 0.2) is 0 Å². The Morgan fingerprint density at radius 3 is 2.62 bits per heavy atom. The van der Waals surface area contributed by atoms with E-state index in [-0.39, 0.29) is 17.3 Å². The first-order valence-electron chi connectivity index (χ1n) is 9.44. The van der Waals surface area contributed by atoms with E-state index in [0.29, 0.717) is 23.8 Å². The number of nitrogens with zero attached hydrogens (tertiary/aromatic N) is 1. The van der Waals surface area contributed by atoms with Crippen LogP contribution in [-0.2, 0) is 14.3 Å². The van der Waals surface area contributed by atoms with E-state index in [2.05, 4.69) is 13.8 Å². The molecule has 1 fully saturated rings. The first kappa shape index (κ1) is 21.1. The van der Waals surface area contributed by atoms with Crippen LogP contribution in [0.3, 0.4) is 0 Å². The van der Waals surface area contributed by atoms with E-state index in [0.717, 1.165) is 37.7 Å². The summed E-state index contributed by atoms with van der Waals surface area (Å²) in [6.07, 6.45) is 5.16. The van der Waals surface area contributed by atoms with Crippen LogP contribution in [0.1, 0.15) is 63.3 Å². The van der Waals surface area contributed by atoms with Gasteiger partial charge in [-0.05, 0) is 18.9 Å². The van der Waals surface area contributed by atoms with Gasteiger partial charge in [-0.25, -0.2) is 4.79 Å². The van der Waals surface area contributed by atoms with Crippen LogP contribution in [0.5, 0.6) is 0 Å². The van der Waals surface area contributed by atoms with E-state index >= 15 is 0 Å². The van der Waals surface area contributed by atoms with E-state index in [4.69, 9.17) is 16.3 Å². The number of carbonyl (C=O) groups is 2. The van der Waals surface area contributed by atoms with Crippen LogP contribution in [0.4, 0.5) is 0 Å². The lowest BCUT2D eigenvalue weighted by Gasteiger charge is -2.29. The number of amides is 1. The highest BCUT2D eigenvalue weighted by Crippen LogP contribution is 2.44. The largest absolute Gasteiger partial charge is 0.464 e. The highest BCUT2D eigenvalue weighted by Gasteiger charge is 2.43. The second-order valence-corrected chi connectivity index (χ2v) is 8.02. The van der Waals surface area contributed by atoms with E-state index < -0.39 is 6.04 Å². The maximum Gasteiger partial charge on any atom is 0.329 e. The highest BCUT2D eigenvalue weighted by atomic mass is 35.5. The highest BCUT2D eigenvalue weighted by molar-refractivity contribution is 7.99. The van der Waals surface area contributed by atoms with Gasteiger partial charge >= 0.3 is 5.97 Å². The number of thioether (sulfide) groups is 1. The smallest absolute Gasteiger partial charge is 0.329 e. The van der Waals surface area contributed by atoms with Gasteiger partial charge in [-0.15, -0.1) is 11.8 Å². The molecule has 1 aromatic carbocycles. The van der Waals surface area contributed by atoms with Crippen LogP contribution < -0.4 is 0 Å². The summed E-state index contributed by atoms with van der Waals surface area (Å²) in [5.74, 6) is 0.246. The molecule has 1 heterocycles. The normalized spacial score (nSPS) is 19.6. The molecule has 1 aliphatic rings. The monoisotopic (exact) mass is 397 g/mol. The number of halogens is 1. The summed E-state index contributed by atoms with van der Waals surface area (Å²) >= 11 is 7.94. The standard InChI is InChI=1S/C20H28ClNO3S/c1-3-5-7-12-18(23)22-17(20(24)25-13-6-4-2)14-26-19(22)15-10-8-9-11-16(15)21/h8-11,17,19H,3-7,12-14H2,1-2H3. The van der Waals surface area contributed by atoms with Crippen molar-refractivity contribution < 1.29 is 14.3 Å². The average Bonchev–Trinajstić information content (AvgIpc) is 3.07. The molecule has 0 spiro atoms. The molecule has 4 nitrogen and oxygen atoms in total. The SMILES string of the molecule is CCCCCC(=O)N1C(C(=O)OCCCC)CSC1c1ccccc1Cl. The molecular formula is C20H28ClNO3S. The predicted molar refractivity (Wildman–Crippen MR) is 107 cm³/mol. The van der Waals surface area contributed by atoms with Crippen molar-refractivity contribution in [1.82, 2.24) is 4.90 Å². The second kappa shape index (κ2) is 10.8. The van der Waals surface area contributed by atoms with Crippen molar-refractivity contribution in [3.05, 3.63) is 34.9 Å². The fraction of sp³-hybridized carbons (Fsp3) is 0.600. The molecule has 0 N–H and O–H groups in total. The molecule has 2 unspecified atom stereocenters. The van der Waals surface area contributed by atoms with Crippen LogP contribution in [-0.4, -0.2) is 35.2 Å². The number of unbranched alkanes of at least 4 members (excludes halogenated alkanes) is 3. The zero-order valence-corrected chi connectivity index (χ0v) is 17.2. The predicted octanol–water partition coefficient (Wildman–Crippen LogP) is 5.21. The Balaban J connectivity index is 2.18. The van der Waals surface area contributed by atoms with Crippen LogP contribution in [0.2, 0.25) is 5.02 Å². The second-order valence-electron chi connectivity index (χ2n) is 6.50. The van der Waals surface area contributed by atoms with Crippen molar-refractivity contribution >= 4 is 35.2 Å². The molecule has 0 radical (unpaired) electrons. The summed E-state index contributed by atoms with van der Waals surface area (Å²) in [6.45, 7) is 4.57. The number of hydrogen-bond donors (Lipinski definition) is 0. The molecule has 2 rings (SSSR count). The molecule has 1 aromatic rings. The molecule has 26 heavy (non-hydrogen) atoms. The van der Waals surface area contributed by atoms with E-state index in [9.17, 15) is 9.59 Å².